The molecule has 1 fully saturated rings. The molecule has 0 spiro atoms. The van der Waals surface area contributed by atoms with Crippen LogP contribution in [0.4, 0.5) is 11.4 Å². The summed E-state index contributed by atoms with van der Waals surface area (Å²) in [5, 5.41) is 3.53. The van der Waals surface area contributed by atoms with Crippen LogP contribution < -0.4 is 10.2 Å². The predicted molar refractivity (Wildman–Crippen MR) is 129 cm³/mol. The summed E-state index contributed by atoms with van der Waals surface area (Å²) in [5.74, 6) is 0.397. The quantitative estimate of drug-likeness (QED) is 0.621. The summed E-state index contributed by atoms with van der Waals surface area (Å²) in [6.45, 7) is 12.2. The Labute approximate surface area is 183 Å². The molecule has 1 atom stereocenters. The van der Waals surface area contributed by atoms with Gasteiger partial charge in [-0.3, -0.25) is 4.79 Å². The molecule has 0 aromatic heterocycles. The molecule has 2 heterocycles. The van der Waals surface area contributed by atoms with Gasteiger partial charge < -0.3 is 10.2 Å². The molecule has 0 radical (unpaired) electrons. The molecule has 0 unspecified atom stereocenters. The van der Waals surface area contributed by atoms with Gasteiger partial charge in [0.25, 0.3) is 5.91 Å². The maximum Gasteiger partial charge on any atom is 0.264 e. The number of hydrogen-bond acceptors (Lipinski definition) is 4. The molecular weight excluding hydrogens is 390 g/mol. The van der Waals surface area contributed by atoms with Crippen LogP contribution in [0, 0.1) is 6.92 Å². The number of nitrogens with zero attached hydrogens (tertiary/aromatic N) is 2. The molecule has 4 nitrogen and oxygen atoms in total. The maximum atomic E-state index is 12.5. The first-order valence-corrected chi connectivity index (χ1v) is 11.4. The Kier molecular flexibility index (Phi) is 5.49. The van der Waals surface area contributed by atoms with Crippen molar-refractivity contribution in [2.24, 2.45) is 4.99 Å². The van der Waals surface area contributed by atoms with Gasteiger partial charge >= 0.3 is 0 Å². The zero-order chi connectivity index (χ0) is 21.5. The summed E-state index contributed by atoms with van der Waals surface area (Å²) >= 11 is 1.40. The van der Waals surface area contributed by atoms with E-state index in [-0.39, 0.29) is 11.4 Å². The summed E-state index contributed by atoms with van der Waals surface area (Å²) in [6, 6.07) is 14.5. The molecule has 30 heavy (non-hydrogen) atoms. The summed E-state index contributed by atoms with van der Waals surface area (Å²) in [5.41, 5.74) is 5.86. The third kappa shape index (κ3) is 3.91. The number of hydrogen-bond donors (Lipinski definition) is 1. The molecular formula is C25H29N3OS. The van der Waals surface area contributed by atoms with Crippen LogP contribution in [-0.2, 0) is 4.79 Å². The lowest BCUT2D eigenvalue weighted by Gasteiger charge is -2.47. The average molecular weight is 420 g/mol. The number of amidine groups is 1. The molecule has 2 aliphatic heterocycles. The number of benzene rings is 2. The molecule has 0 aliphatic carbocycles. The highest BCUT2D eigenvalue weighted by molar-refractivity contribution is 8.18. The molecule has 1 saturated heterocycles. The van der Waals surface area contributed by atoms with Crippen LogP contribution in [0.5, 0.6) is 0 Å². The molecule has 4 rings (SSSR count). The van der Waals surface area contributed by atoms with Crippen LogP contribution in [0.3, 0.4) is 0 Å². The topological polar surface area (TPSA) is 44.7 Å². The third-order valence-corrected chi connectivity index (χ3v) is 6.92. The van der Waals surface area contributed by atoms with Crippen LogP contribution in [0.25, 0.3) is 6.08 Å². The second-order valence-electron chi connectivity index (χ2n) is 8.75. The molecule has 2 aromatic rings. The summed E-state index contributed by atoms with van der Waals surface area (Å²) in [7, 11) is 0. The summed E-state index contributed by atoms with van der Waals surface area (Å²) in [4.78, 5) is 20.3. The van der Waals surface area contributed by atoms with Gasteiger partial charge in [0.2, 0.25) is 0 Å². The van der Waals surface area contributed by atoms with E-state index in [2.05, 4.69) is 61.1 Å². The van der Waals surface area contributed by atoms with Gasteiger partial charge in [-0.25, -0.2) is 4.99 Å². The standard InChI is InChI=1S/C25H29N3OS/c1-6-28-21-12-11-18(13-19(21)17(3)15-25(28,4)5)14-22-23(29)27-24(30-22)26-20-10-8-7-9-16(20)2/h7-14,17H,6,15H2,1-5H3,(H,26,27,29)/b22-14-/t17-/m1/s1. The summed E-state index contributed by atoms with van der Waals surface area (Å²) < 4.78 is 0. The van der Waals surface area contributed by atoms with Gasteiger partial charge in [0.1, 0.15) is 0 Å². The number of nitrogens with one attached hydrogen (secondary N) is 1. The van der Waals surface area contributed by atoms with E-state index < -0.39 is 0 Å². The van der Waals surface area contributed by atoms with Gasteiger partial charge in [-0.15, -0.1) is 0 Å². The van der Waals surface area contributed by atoms with Gasteiger partial charge in [-0.2, -0.15) is 0 Å². The minimum absolute atomic E-state index is 0.0885. The Bertz CT molecular complexity index is 1050. The number of carbonyl (C=O) groups excluding carboxylic acids is 1. The first-order valence-electron chi connectivity index (χ1n) is 10.6. The van der Waals surface area contributed by atoms with E-state index in [4.69, 9.17) is 0 Å². The molecule has 0 bridgehead atoms. The van der Waals surface area contributed by atoms with Gasteiger partial charge in [0.05, 0.1) is 10.6 Å². The SMILES string of the molecule is CCN1c2ccc(/C=C3\SC(=Nc4ccccc4C)NC3=O)cc2[C@H](C)CC1(C)C. The molecule has 2 aromatic carbocycles. The number of aryl methyl sites for hydroxylation is 1. The van der Waals surface area contributed by atoms with Gasteiger partial charge in [-0.1, -0.05) is 31.2 Å². The number of amides is 1. The Morgan fingerprint density at radius 3 is 2.77 bits per heavy atom. The normalized spacial score (nSPS) is 23.0. The molecule has 156 valence electrons. The number of fused-ring (bicyclic) bond motifs is 1. The number of carbonyl (C=O) groups is 1. The van der Waals surface area contributed by atoms with Crippen LogP contribution in [0.1, 0.15) is 56.7 Å². The van der Waals surface area contributed by atoms with E-state index in [1.807, 2.05) is 37.3 Å². The zero-order valence-corrected chi connectivity index (χ0v) is 19.1. The Morgan fingerprint density at radius 1 is 1.27 bits per heavy atom. The van der Waals surface area contributed by atoms with Crippen molar-refractivity contribution in [2.75, 3.05) is 11.4 Å². The lowest BCUT2D eigenvalue weighted by Crippen LogP contribution is -2.48. The van der Waals surface area contributed by atoms with Gasteiger partial charge in [0.15, 0.2) is 5.17 Å². The maximum absolute atomic E-state index is 12.5. The van der Waals surface area contributed by atoms with Crippen LogP contribution in [-0.4, -0.2) is 23.2 Å². The smallest absolute Gasteiger partial charge is 0.264 e. The molecule has 0 saturated carbocycles. The fourth-order valence-electron chi connectivity index (χ4n) is 4.63. The third-order valence-electron chi connectivity index (χ3n) is 6.01. The fourth-order valence-corrected chi connectivity index (χ4v) is 5.46. The predicted octanol–water partition coefficient (Wildman–Crippen LogP) is 6.00. The van der Waals surface area contributed by atoms with Crippen molar-refractivity contribution in [3.63, 3.8) is 0 Å². The molecule has 5 heteroatoms. The van der Waals surface area contributed by atoms with Crippen molar-refractivity contribution in [3.8, 4) is 0 Å². The first-order chi connectivity index (χ1) is 14.3. The lowest BCUT2D eigenvalue weighted by molar-refractivity contribution is -0.115. The van der Waals surface area contributed by atoms with Crippen molar-refractivity contribution in [2.45, 2.75) is 52.5 Å². The van der Waals surface area contributed by atoms with Gasteiger partial charge in [0, 0.05) is 17.8 Å². The number of rotatable bonds is 3. The van der Waals surface area contributed by atoms with Crippen molar-refractivity contribution >= 4 is 40.3 Å². The average Bonchev–Trinajstić information content (AvgIpc) is 3.02. The van der Waals surface area contributed by atoms with Crippen molar-refractivity contribution in [3.05, 3.63) is 64.1 Å². The van der Waals surface area contributed by atoms with Crippen LogP contribution in [0.15, 0.2) is 52.4 Å². The fraction of sp³-hybridized carbons (Fsp3) is 0.360. The van der Waals surface area contributed by atoms with E-state index in [0.29, 0.717) is 16.0 Å². The highest BCUT2D eigenvalue weighted by Crippen LogP contribution is 2.43. The van der Waals surface area contributed by atoms with Crippen LogP contribution >= 0.6 is 11.8 Å². The highest BCUT2D eigenvalue weighted by atomic mass is 32.2. The monoisotopic (exact) mass is 419 g/mol. The van der Waals surface area contributed by atoms with E-state index in [1.165, 1.54) is 23.0 Å². The Balaban J connectivity index is 1.62. The lowest BCUT2D eigenvalue weighted by atomic mass is 9.79. The van der Waals surface area contributed by atoms with Crippen molar-refractivity contribution in [1.82, 2.24) is 5.32 Å². The second-order valence-corrected chi connectivity index (χ2v) is 9.78. The minimum Gasteiger partial charge on any atom is -0.366 e. The second kappa shape index (κ2) is 7.95. The summed E-state index contributed by atoms with van der Waals surface area (Å²) in [6.07, 6.45) is 3.10. The first kappa shape index (κ1) is 20.7. The zero-order valence-electron chi connectivity index (χ0n) is 18.3. The minimum atomic E-state index is -0.0885. The number of para-hydroxylation sites is 1. The van der Waals surface area contributed by atoms with E-state index in [0.717, 1.165) is 29.8 Å². The van der Waals surface area contributed by atoms with E-state index in [1.54, 1.807) is 0 Å². The van der Waals surface area contributed by atoms with Crippen molar-refractivity contribution in [1.29, 1.82) is 0 Å². The largest absolute Gasteiger partial charge is 0.366 e. The molecule has 1 N–H and O–H groups in total. The van der Waals surface area contributed by atoms with Crippen LogP contribution in [0.2, 0.25) is 0 Å². The van der Waals surface area contributed by atoms with Gasteiger partial charge in [-0.05, 0) is 92.8 Å². The Hall–Kier alpha value is -2.53. The van der Waals surface area contributed by atoms with E-state index >= 15 is 0 Å². The number of thioether (sulfide) groups is 1. The highest BCUT2D eigenvalue weighted by Gasteiger charge is 2.35. The Morgan fingerprint density at radius 2 is 2.03 bits per heavy atom. The van der Waals surface area contributed by atoms with E-state index in [9.17, 15) is 4.79 Å². The molecule has 1 amide bonds. The number of anilines is 1. The number of aliphatic imine (C=N–C) groups is 1. The molecule has 2 aliphatic rings. The van der Waals surface area contributed by atoms with Crippen molar-refractivity contribution < 1.29 is 4.79 Å².